The molecule has 2 heterocycles. The number of hydrogen-bond acceptors (Lipinski definition) is 3. The summed E-state index contributed by atoms with van der Waals surface area (Å²) in [5.74, 6) is 0.731. The second kappa shape index (κ2) is 5.48. The van der Waals surface area contributed by atoms with Crippen LogP contribution in [0.5, 0.6) is 0 Å². The van der Waals surface area contributed by atoms with Gasteiger partial charge in [-0.15, -0.1) is 0 Å². The van der Waals surface area contributed by atoms with Crippen LogP contribution in [0.2, 0.25) is 0 Å². The lowest BCUT2D eigenvalue weighted by atomic mass is 9.97. The quantitative estimate of drug-likeness (QED) is 0.789. The van der Waals surface area contributed by atoms with Gasteiger partial charge < -0.3 is 15.0 Å². The largest absolute Gasteiger partial charge is 0.378 e. The van der Waals surface area contributed by atoms with E-state index in [1.165, 1.54) is 25.8 Å². The zero-order chi connectivity index (χ0) is 11.5. The summed E-state index contributed by atoms with van der Waals surface area (Å²) >= 11 is 0. The van der Waals surface area contributed by atoms with E-state index in [1.807, 2.05) is 0 Å². The first-order valence-electron chi connectivity index (χ1n) is 6.72. The monoisotopic (exact) mass is 226 g/mol. The third-order valence-corrected chi connectivity index (χ3v) is 4.41. The molecule has 0 aromatic heterocycles. The Morgan fingerprint density at radius 1 is 1.31 bits per heavy atom. The highest BCUT2D eigenvalue weighted by molar-refractivity contribution is 4.83. The minimum absolute atomic E-state index is 0.455. The Bertz CT molecular complexity index is 222. The maximum Gasteiger partial charge on any atom is 0.0588 e. The second-order valence-corrected chi connectivity index (χ2v) is 5.58. The summed E-state index contributed by atoms with van der Waals surface area (Å²) < 4.78 is 5.60. The molecule has 2 aliphatic rings. The van der Waals surface area contributed by atoms with Crippen molar-refractivity contribution in [3.63, 3.8) is 0 Å². The van der Waals surface area contributed by atoms with Crippen molar-refractivity contribution < 1.29 is 4.74 Å². The van der Waals surface area contributed by atoms with Crippen LogP contribution in [0, 0.1) is 5.92 Å². The lowest BCUT2D eigenvalue weighted by Crippen LogP contribution is -2.47. The lowest BCUT2D eigenvalue weighted by Gasteiger charge is -2.36. The van der Waals surface area contributed by atoms with E-state index in [-0.39, 0.29) is 0 Å². The minimum atomic E-state index is 0.455. The highest BCUT2D eigenvalue weighted by Gasteiger charge is 2.27. The first-order valence-corrected chi connectivity index (χ1v) is 6.72. The van der Waals surface area contributed by atoms with Gasteiger partial charge in [-0.25, -0.2) is 0 Å². The van der Waals surface area contributed by atoms with E-state index in [1.54, 1.807) is 0 Å². The van der Waals surface area contributed by atoms with Gasteiger partial charge in [0.1, 0.15) is 0 Å². The Labute approximate surface area is 99.5 Å². The molecule has 2 aliphatic heterocycles. The summed E-state index contributed by atoms with van der Waals surface area (Å²) in [6.45, 7) is 7.86. The van der Waals surface area contributed by atoms with E-state index in [0.29, 0.717) is 6.10 Å². The number of likely N-dealkylation sites (tertiary alicyclic amines) is 1. The van der Waals surface area contributed by atoms with Crippen molar-refractivity contribution in [2.75, 3.05) is 26.7 Å². The average molecular weight is 226 g/mol. The predicted molar refractivity (Wildman–Crippen MR) is 66.6 cm³/mol. The van der Waals surface area contributed by atoms with Crippen molar-refractivity contribution in [3.05, 3.63) is 0 Å². The van der Waals surface area contributed by atoms with Gasteiger partial charge in [-0.2, -0.15) is 0 Å². The SMILES string of the molecule is CC1OCCC1CNC1CCN(C)C(C)C1. The molecule has 0 bridgehead atoms. The highest BCUT2D eigenvalue weighted by Crippen LogP contribution is 2.21. The predicted octanol–water partition coefficient (Wildman–Crippen LogP) is 1.48. The van der Waals surface area contributed by atoms with Gasteiger partial charge >= 0.3 is 0 Å². The van der Waals surface area contributed by atoms with E-state index in [4.69, 9.17) is 4.74 Å². The van der Waals surface area contributed by atoms with Gasteiger partial charge in [-0.3, -0.25) is 0 Å². The Hall–Kier alpha value is -0.120. The summed E-state index contributed by atoms with van der Waals surface area (Å²) in [4.78, 5) is 2.46. The summed E-state index contributed by atoms with van der Waals surface area (Å²) in [6, 6.07) is 1.45. The molecule has 0 spiro atoms. The summed E-state index contributed by atoms with van der Waals surface area (Å²) in [5.41, 5.74) is 0. The van der Waals surface area contributed by atoms with Crippen molar-refractivity contribution in [1.29, 1.82) is 0 Å². The van der Waals surface area contributed by atoms with Gasteiger partial charge in [0.2, 0.25) is 0 Å². The Kier molecular flexibility index (Phi) is 4.22. The molecule has 2 fully saturated rings. The number of nitrogens with zero attached hydrogens (tertiary/aromatic N) is 1. The van der Waals surface area contributed by atoms with Crippen molar-refractivity contribution >= 4 is 0 Å². The molecule has 4 unspecified atom stereocenters. The molecule has 0 aromatic rings. The van der Waals surface area contributed by atoms with E-state index < -0.39 is 0 Å². The standard InChI is InChI=1S/C13H26N2O/c1-10-8-13(4-6-15(10)3)14-9-12-5-7-16-11(12)2/h10-14H,4-9H2,1-3H3. The normalized spacial score (nSPS) is 41.4. The second-order valence-electron chi connectivity index (χ2n) is 5.58. The molecule has 2 rings (SSSR count). The van der Waals surface area contributed by atoms with Crippen LogP contribution in [-0.2, 0) is 4.74 Å². The molecule has 0 amide bonds. The molecular weight excluding hydrogens is 200 g/mol. The zero-order valence-electron chi connectivity index (χ0n) is 10.9. The van der Waals surface area contributed by atoms with E-state index in [9.17, 15) is 0 Å². The van der Waals surface area contributed by atoms with Crippen LogP contribution in [0.15, 0.2) is 0 Å². The molecular formula is C13H26N2O. The van der Waals surface area contributed by atoms with Gasteiger partial charge in [0, 0.05) is 25.2 Å². The minimum Gasteiger partial charge on any atom is -0.378 e. The van der Waals surface area contributed by atoms with Crippen molar-refractivity contribution in [3.8, 4) is 0 Å². The Morgan fingerprint density at radius 2 is 2.12 bits per heavy atom. The van der Waals surface area contributed by atoms with Gasteiger partial charge in [0.05, 0.1) is 6.10 Å². The smallest absolute Gasteiger partial charge is 0.0588 e. The number of hydrogen-bond donors (Lipinski definition) is 1. The molecule has 4 atom stereocenters. The van der Waals surface area contributed by atoms with Gasteiger partial charge in [0.25, 0.3) is 0 Å². The number of ether oxygens (including phenoxy) is 1. The van der Waals surface area contributed by atoms with E-state index >= 15 is 0 Å². The molecule has 16 heavy (non-hydrogen) atoms. The zero-order valence-corrected chi connectivity index (χ0v) is 10.9. The van der Waals surface area contributed by atoms with Crippen molar-refractivity contribution in [2.45, 2.75) is 51.3 Å². The lowest BCUT2D eigenvalue weighted by molar-refractivity contribution is 0.102. The molecule has 0 radical (unpaired) electrons. The summed E-state index contributed by atoms with van der Waals surface area (Å²) in [5, 5.41) is 3.74. The molecule has 0 aromatic carbocycles. The van der Waals surface area contributed by atoms with Gasteiger partial charge in [-0.1, -0.05) is 0 Å². The van der Waals surface area contributed by atoms with Crippen LogP contribution in [0.1, 0.15) is 33.1 Å². The first-order chi connectivity index (χ1) is 7.66. The van der Waals surface area contributed by atoms with Crippen LogP contribution < -0.4 is 5.32 Å². The fourth-order valence-corrected chi connectivity index (χ4v) is 2.84. The van der Waals surface area contributed by atoms with Crippen LogP contribution in [-0.4, -0.2) is 49.8 Å². The molecule has 0 saturated carbocycles. The first kappa shape index (κ1) is 12.3. The Morgan fingerprint density at radius 3 is 2.75 bits per heavy atom. The molecule has 2 saturated heterocycles. The molecule has 3 nitrogen and oxygen atoms in total. The number of nitrogens with one attached hydrogen (secondary N) is 1. The van der Waals surface area contributed by atoms with E-state index in [0.717, 1.165) is 31.2 Å². The maximum atomic E-state index is 5.60. The van der Waals surface area contributed by atoms with Crippen LogP contribution in [0.25, 0.3) is 0 Å². The molecule has 94 valence electrons. The Balaban J connectivity index is 1.70. The fourth-order valence-electron chi connectivity index (χ4n) is 2.84. The van der Waals surface area contributed by atoms with Gasteiger partial charge in [0.15, 0.2) is 0 Å². The van der Waals surface area contributed by atoms with Crippen LogP contribution in [0.4, 0.5) is 0 Å². The highest BCUT2D eigenvalue weighted by atomic mass is 16.5. The van der Waals surface area contributed by atoms with Crippen LogP contribution in [0.3, 0.4) is 0 Å². The molecule has 0 aliphatic carbocycles. The average Bonchev–Trinajstić information content (AvgIpc) is 2.66. The number of rotatable bonds is 3. The maximum absolute atomic E-state index is 5.60. The topological polar surface area (TPSA) is 24.5 Å². The third-order valence-electron chi connectivity index (χ3n) is 4.41. The van der Waals surface area contributed by atoms with Gasteiger partial charge in [-0.05, 0) is 52.6 Å². The fraction of sp³-hybridized carbons (Fsp3) is 1.00. The summed E-state index contributed by atoms with van der Waals surface area (Å²) in [6.07, 6.45) is 4.27. The molecule has 1 N–H and O–H groups in total. The van der Waals surface area contributed by atoms with Crippen molar-refractivity contribution in [1.82, 2.24) is 10.2 Å². The number of piperidine rings is 1. The van der Waals surface area contributed by atoms with Crippen molar-refractivity contribution in [2.24, 2.45) is 5.92 Å². The third kappa shape index (κ3) is 2.96. The summed E-state index contributed by atoms with van der Waals surface area (Å²) in [7, 11) is 2.23. The van der Waals surface area contributed by atoms with E-state index in [2.05, 4.69) is 31.1 Å². The molecule has 3 heteroatoms. The van der Waals surface area contributed by atoms with Crippen LogP contribution >= 0.6 is 0 Å².